The third kappa shape index (κ3) is 4.54. The Morgan fingerprint density at radius 3 is 2.00 bits per heavy atom. The Morgan fingerprint density at radius 2 is 1.48 bits per heavy atom. The Bertz CT molecular complexity index is 537. The number of benzene rings is 1. The Kier molecular flexibility index (Phi) is 7.11. The molecule has 1 aromatic carbocycles. The monoisotopic (exact) mass is 357 g/mol. The molecule has 1 atom stereocenters. The normalized spacial score (nSPS) is 21.4. The summed E-state index contributed by atoms with van der Waals surface area (Å²) in [6.07, 6.45) is 15.4. The largest absolute Gasteiger partial charge is 0.304 e. The fourth-order valence-electron chi connectivity index (χ4n) is 4.81. The van der Waals surface area contributed by atoms with Crippen LogP contribution in [0.5, 0.6) is 0 Å². The average Bonchev–Trinajstić information content (AvgIpc) is 2.69. The Balaban J connectivity index is 1.96. The summed E-state index contributed by atoms with van der Waals surface area (Å²) in [5.74, 6) is 0.371. The van der Waals surface area contributed by atoms with E-state index in [1.54, 1.807) is 5.30 Å². The van der Waals surface area contributed by atoms with Gasteiger partial charge >= 0.3 is 0 Å². The fraction of sp³-hybridized carbons (Fsp3) is 0.696. The topological polar surface area (TPSA) is 23.9 Å². The van der Waals surface area contributed by atoms with Gasteiger partial charge in [-0.25, -0.2) is 0 Å². The van der Waals surface area contributed by atoms with Crippen LogP contribution < -0.4 is 5.30 Å². The van der Waals surface area contributed by atoms with Crippen LogP contribution in [0.3, 0.4) is 0 Å². The third-order valence-corrected chi connectivity index (χ3v) is 10.1. The molecule has 1 unspecified atom stereocenters. The van der Waals surface area contributed by atoms with Crippen LogP contribution in [0.4, 0.5) is 0 Å². The zero-order valence-corrected chi connectivity index (χ0v) is 17.2. The van der Waals surface area contributed by atoms with Crippen molar-refractivity contribution in [1.29, 1.82) is 5.41 Å². The van der Waals surface area contributed by atoms with Crippen LogP contribution >= 0.6 is 7.92 Å². The highest BCUT2D eigenvalue weighted by molar-refractivity contribution is 7.67. The van der Waals surface area contributed by atoms with Crippen molar-refractivity contribution in [3.63, 3.8) is 0 Å². The van der Waals surface area contributed by atoms with Gasteiger partial charge in [-0.2, -0.15) is 0 Å². The molecule has 0 bridgehead atoms. The van der Waals surface area contributed by atoms with E-state index >= 15 is 0 Å². The van der Waals surface area contributed by atoms with Crippen molar-refractivity contribution < 1.29 is 0 Å². The average molecular weight is 358 g/mol. The molecule has 0 heterocycles. The quantitative estimate of drug-likeness (QED) is 0.424. The zero-order valence-electron chi connectivity index (χ0n) is 16.3. The van der Waals surface area contributed by atoms with E-state index in [9.17, 15) is 0 Å². The molecule has 0 aromatic heterocycles. The van der Waals surface area contributed by atoms with Crippen LogP contribution in [0.15, 0.2) is 24.3 Å². The van der Waals surface area contributed by atoms with Gasteiger partial charge in [-0.05, 0) is 54.6 Å². The predicted molar refractivity (Wildman–Crippen MR) is 113 cm³/mol. The molecule has 2 fully saturated rings. The lowest BCUT2D eigenvalue weighted by atomic mass is 9.96. The maximum atomic E-state index is 8.81. The molecular weight excluding hydrogens is 321 g/mol. The molecule has 25 heavy (non-hydrogen) atoms. The zero-order chi connectivity index (χ0) is 17.6. The fourth-order valence-corrected chi connectivity index (χ4v) is 8.76. The first kappa shape index (κ1) is 19.1. The molecule has 1 N–H and O–H groups in total. The highest BCUT2D eigenvalue weighted by Crippen LogP contribution is 2.55. The second-order valence-electron chi connectivity index (χ2n) is 8.23. The van der Waals surface area contributed by atoms with Gasteiger partial charge in [0.2, 0.25) is 0 Å². The van der Waals surface area contributed by atoms with E-state index in [4.69, 9.17) is 5.41 Å². The summed E-state index contributed by atoms with van der Waals surface area (Å²) in [5, 5.41) is 10.4. The molecule has 138 valence electrons. The highest BCUT2D eigenvalue weighted by Gasteiger charge is 2.34. The van der Waals surface area contributed by atoms with Crippen molar-refractivity contribution in [1.82, 2.24) is 0 Å². The maximum Gasteiger partial charge on any atom is 0.0420 e. The minimum atomic E-state index is -0.116. The summed E-state index contributed by atoms with van der Waals surface area (Å²) in [4.78, 5) is 0. The van der Waals surface area contributed by atoms with Crippen LogP contribution in [-0.2, 0) is 0 Å². The van der Waals surface area contributed by atoms with E-state index in [-0.39, 0.29) is 7.92 Å². The van der Waals surface area contributed by atoms with Gasteiger partial charge in [-0.1, -0.05) is 84.6 Å². The van der Waals surface area contributed by atoms with E-state index in [0.29, 0.717) is 5.92 Å². The summed E-state index contributed by atoms with van der Waals surface area (Å²) in [6, 6.07) is 9.06. The molecular formula is C23H36NP. The van der Waals surface area contributed by atoms with Crippen molar-refractivity contribution in [3.05, 3.63) is 29.8 Å². The van der Waals surface area contributed by atoms with Gasteiger partial charge in [0.05, 0.1) is 0 Å². The van der Waals surface area contributed by atoms with Crippen molar-refractivity contribution >= 4 is 18.9 Å². The lowest BCUT2D eigenvalue weighted by Crippen LogP contribution is -2.30. The molecule has 1 nitrogen and oxygen atoms in total. The molecule has 0 radical (unpaired) electrons. The van der Waals surface area contributed by atoms with Gasteiger partial charge in [-0.3, -0.25) is 0 Å². The van der Waals surface area contributed by atoms with Gasteiger partial charge in [0, 0.05) is 11.3 Å². The van der Waals surface area contributed by atoms with E-state index < -0.39 is 0 Å². The smallest absolute Gasteiger partial charge is 0.0420 e. The van der Waals surface area contributed by atoms with E-state index in [1.807, 2.05) is 0 Å². The highest BCUT2D eigenvalue weighted by atomic mass is 31.1. The van der Waals surface area contributed by atoms with Gasteiger partial charge in [0.1, 0.15) is 0 Å². The van der Waals surface area contributed by atoms with E-state index in [1.165, 1.54) is 69.8 Å². The molecule has 0 spiro atoms. The van der Waals surface area contributed by atoms with Crippen molar-refractivity contribution in [3.8, 4) is 0 Å². The standard InChI is InChI=1S/C23H36NP/c1-3-18(2)23(24)21-16-10-11-17-22(21)25(19-12-6-4-7-13-19)20-14-8-5-9-15-20/h10-11,16-20,24H,3-9,12-15H2,1-2H3. The number of nitrogens with one attached hydrogen (secondary N) is 1. The lowest BCUT2D eigenvalue weighted by Gasteiger charge is -2.39. The Labute approximate surface area is 156 Å². The molecule has 2 heteroatoms. The Morgan fingerprint density at radius 1 is 0.960 bits per heavy atom. The third-order valence-electron chi connectivity index (χ3n) is 6.51. The molecule has 2 aliphatic carbocycles. The van der Waals surface area contributed by atoms with Gasteiger partial charge in [-0.15, -0.1) is 0 Å². The molecule has 3 rings (SSSR count). The van der Waals surface area contributed by atoms with Gasteiger partial charge < -0.3 is 5.41 Å². The van der Waals surface area contributed by atoms with Crippen LogP contribution in [-0.4, -0.2) is 17.0 Å². The predicted octanol–water partition coefficient (Wildman–Crippen LogP) is 6.87. The van der Waals surface area contributed by atoms with Crippen molar-refractivity contribution in [2.45, 2.75) is 95.8 Å². The molecule has 0 amide bonds. The SMILES string of the molecule is CCC(C)C(=N)c1ccccc1P(C1CCCCC1)C1CCCCC1. The number of hydrogen-bond donors (Lipinski definition) is 1. The van der Waals surface area contributed by atoms with Crippen LogP contribution in [0, 0.1) is 11.3 Å². The van der Waals surface area contributed by atoms with Crippen LogP contribution in [0.1, 0.15) is 90.0 Å². The summed E-state index contributed by atoms with van der Waals surface area (Å²) >= 11 is 0. The maximum absolute atomic E-state index is 8.81. The summed E-state index contributed by atoms with van der Waals surface area (Å²) in [7, 11) is -0.116. The summed E-state index contributed by atoms with van der Waals surface area (Å²) in [6.45, 7) is 4.44. The second-order valence-corrected chi connectivity index (χ2v) is 11.0. The van der Waals surface area contributed by atoms with E-state index in [0.717, 1.165) is 23.5 Å². The van der Waals surface area contributed by atoms with E-state index in [2.05, 4.69) is 38.1 Å². The minimum Gasteiger partial charge on any atom is -0.304 e. The minimum absolute atomic E-state index is 0.116. The van der Waals surface area contributed by atoms with Crippen LogP contribution in [0.25, 0.3) is 0 Å². The lowest BCUT2D eigenvalue weighted by molar-refractivity contribution is 0.487. The molecule has 2 saturated carbocycles. The van der Waals surface area contributed by atoms with Gasteiger partial charge in [0.25, 0.3) is 0 Å². The first-order chi connectivity index (χ1) is 12.2. The molecule has 2 aliphatic rings. The first-order valence-electron chi connectivity index (χ1n) is 10.7. The first-order valence-corrected chi connectivity index (χ1v) is 12.2. The molecule has 0 aliphatic heterocycles. The summed E-state index contributed by atoms with van der Waals surface area (Å²) in [5.41, 5.74) is 4.01. The molecule has 0 saturated heterocycles. The van der Waals surface area contributed by atoms with Crippen molar-refractivity contribution in [2.24, 2.45) is 5.92 Å². The number of hydrogen-bond acceptors (Lipinski definition) is 1. The second kappa shape index (κ2) is 9.31. The van der Waals surface area contributed by atoms with Gasteiger partial charge in [0.15, 0.2) is 0 Å². The van der Waals surface area contributed by atoms with Crippen molar-refractivity contribution in [2.75, 3.05) is 0 Å². The Hall–Kier alpha value is -0.680. The summed E-state index contributed by atoms with van der Waals surface area (Å²) < 4.78 is 0. The van der Waals surface area contributed by atoms with Crippen LogP contribution in [0.2, 0.25) is 0 Å². The molecule has 1 aromatic rings. The number of rotatable bonds is 6.